The summed E-state index contributed by atoms with van der Waals surface area (Å²) in [6, 6.07) is 0.0624. The van der Waals surface area contributed by atoms with Crippen molar-refractivity contribution in [2.75, 3.05) is 19.6 Å². The van der Waals surface area contributed by atoms with E-state index in [1.807, 2.05) is 0 Å². The van der Waals surface area contributed by atoms with Gasteiger partial charge < -0.3 is 15.3 Å². The van der Waals surface area contributed by atoms with Crippen LogP contribution in [0.2, 0.25) is 0 Å². The standard InChI is InChI=1S/C14H20N4O5/c1-9-5-18(14(23)16-13(9)22)7-11(19)17(8-12(20)21)6-10-3-2-4-15-10/h5,10,15H,2-4,6-8H2,1H3,(H,20,21)(H,16,22,23)/t10-/m1/s1. The zero-order chi connectivity index (χ0) is 17.0. The zero-order valence-corrected chi connectivity index (χ0v) is 12.9. The molecule has 1 aromatic rings. The smallest absolute Gasteiger partial charge is 0.328 e. The molecule has 126 valence electrons. The predicted molar refractivity (Wildman–Crippen MR) is 81.3 cm³/mol. The van der Waals surface area contributed by atoms with Crippen molar-refractivity contribution in [3.63, 3.8) is 0 Å². The van der Waals surface area contributed by atoms with Gasteiger partial charge in [0.25, 0.3) is 5.56 Å². The van der Waals surface area contributed by atoms with E-state index in [4.69, 9.17) is 5.11 Å². The van der Waals surface area contributed by atoms with E-state index in [0.29, 0.717) is 5.56 Å². The number of nitrogens with one attached hydrogen (secondary N) is 2. The van der Waals surface area contributed by atoms with Gasteiger partial charge in [-0.1, -0.05) is 0 Å². The second-order valence-corrected chi connectivity index (χ2v) is 5.66. The maximum Gasteiger partial charge on any atom is 0.328 e. The highest BCUT2D eigenvalue weighted by Gasteiger charge is 2.23. The Bertz CT molecular complexity index is 702. The van der Waals surface area contributed by atoms with Crippen LogP contribution in [0.5, 0.6) is 0 Å². The summed E-state index contributed by atoms with van der Waals surface area (Å²) in [6.45, 7) is 1.92. The first-order valence-electron chi connectivity index (χ1n) is 7.40. The zero-order valence-electron chi connectivity index (χ0n) is 12.9. The molecule has 0 unspecified atom stereocenters. The number of carboxylic acid groups (broad SMARTS) is 1. The molecule has 0 bridgehead atoms. The summed E-state index contributed by atoms with van der Waals surface area (Å²) in [6.07, 6.45) is 3.16. The monoisotopic (exact) mass is 324 g/mol. The maximum atomic E-state index is 12.4. The van der Waals surface area contributed by atoms with Crippen LogP contribution in [0.3, 0.4) is 0 Å². The first kappa shape index (κ1) is 16.9. The van der Waals surface area contributed by atoms with Gasteiger partial charge in [0.1, 0.15) is 13.1 Å². The van der Waals surface area contributed by atoms with Gasteiger partial charge in [0.15, 0.2) is 0 Å². The predicted octanol–water partition coefficient (Wildman–Crippen LogP) is -1.49. The average Bonchev–Trinajstić information content (AvgIpc) is 2.96. The van der Waals surface area contributed by atoms with Gasteiger partial charge in [-0.05, 0) is 26.3 Å². The molecule has 1 saturated heterocycles. The quantitative estimate of drug-likeness (QED) is 0.585. The molecule has 0 aliphatic carbocycles. The molecule has 23 heavy (non-hydrogen) atoms. The minimum absolute atomic E-state index is 0.0624. The van der Waals surface area contributed by atoms with Gasteiger partial charge >= 0.3 is 11.7 Å². The summed E-state index contributed by atoms with van der Waals surface area (Å²) in [5.41, 5.74) is -0.890. The Morgan fingerprint density at radius 1 is 1.43 bits per heavy atom. The maximum absolute atomic E-state index is 12.4. The number of nitrogens with zero attached hydrogens (tertiary/aromatic N) is 2. The molecular weight excluding hydrogens is 304 g/mol. The van der Waals surface area contributed by atoms with Crippen molar-refractivity contribution >= 4 is 11.9 Å². The fraction of sp³-hybridized carbons (Fsp3) is 0.571. The van der Waals surface area contributed by atoms with Crippen molar-refractivity contribution < 1.29 is 14.7 Å². The highest BCUT2D eigenvalue weighted by Crippen LogP contribution is 2.07. The minimum atomic E-state index is -1.11. The second-order valence-electron chi connectivity index (χ2n) is 5.66. The van der Waals surface area contributed by atoms with E-state index < -0.39 is 29.7 Å². The fourth-order valence-corrected chi connectivity index (χ4v) is 2.58. The molecule has 1 aliphatic heterocycles. The molecule has 2 rings (SSSR count). The molecule has 0 spiro atoms. The van der Waals surface area contributed by atoms with E-state index in [1.165, 1.54) is 18.0 Å². The van der Waals surface area contributed by atoms with E-state index in [0.717, 1.165) is 24.0 Å². The molecule has 1 aliphatic rings. The summed E-state index contributed by atoms with van der Waals surface area (Å²) in [7, 11) is 0. The lowest BCUT2D eigenvalue weighted by Crippen LogP contribution is -2.46. The number of aromatic nitrogens is 2. The van der Waals surface area contributed by atoms with Gasteiger partial charge in [-0.2, -0.15) is 0 Å². The normalized spacial score (nSPS) is 17.2. The van der Waals surface area contributed by atoms with E-state index in [2.05, 4.69) is 10.3 Å². The Labute approximate surface area is 131 Å². The number of carbonyl (C=O) groups excluding carboxylic acids is 1. The van der Waals surface area contributed by atoms with Crippen LogP contribution in [0.15, 0.2) is 15.8 Å². The molecule has 3 N–H and O–H groups in total. The Kier molecular flexibility index (Phi) is 5.32. The summed E-state index contributed by atoms with van der Waals surface area (Å²) in [5, 5.41) is 12.2. The van der Waals surface area contributed by atoms with Gasteiger partial charge in [-0.3, -0.25) is 23.9 Å². The highest BCUT2D eigenvalue weighted by atomic mass is 16.4. The Balaban J connectivity index is 2.13. The van der Waals surface area contributed by atoms with Crippen molar-refractivity contribution in [3.05, 3.63) is 32.6 Å². The molecule has 0 aromatic carbocycles. The van der Waals surface area contributed by atoms with Crippen LogP contribution in [0.25, 0.3) is 0 Å². The van der Waals surface area contributed by atoms with Crippen LogP contribution in [-0.2, 0) is 16.1 Å². The third kappa shape index (κ3) is 4.52. The van der Waals surface area contributed by atoms with Gasteiger partial charge in [-0.15, -0.1) is 0 Å². The molecule has 9 nitrogen and oxygen atoms in total. The molecule has 0 saturated carbocycles. The molecule has 0 radical (unpaired) electrons. The number of hydrogen-bond donors (Lipinski definition) is 3. The lowest BCUT2D eigenvalue weighted by molar-refractivity contribution is -0.145. The number of aromatic amines is 1. The van der Waals surface area contributed by atoms with Crippen LogP contribution in [-0.4, -0.2) is 57.1 Å². The summed E-state index contributed by atoms with van der Waals surface area (Å²) < 4.78 is 1.08. The Hall–Kier alpha value is -2.42. The highest BCUT2D eigenvalue weighted by molar-refractivity contribution is 5.81. The van der Waals surface area contributed by atoms with Crippen molar-refractivity contribution in [3.8, 4) is 0 Å². The third-order valence-electron chi connectivity index (χ3n) is 3.78. The minimum Gasteiger partial charge on any atom is -0.480 e. The average molecular weight is 324 g/mol. The van der Waals surface area contributed by atoms with Crippen LogP contribution in [0, 0.1) is 6.92 Å². The molecular formula is C14H20N4O5. The summed E-state index contributed by atoms with van der Waals surface area (Å²) in [5.74, 6) is -1.59. The van der Waals surface area contributed by atoms with Gasteiger partial charge in [0.2, 0.25) is 5.91 Å². The number of aliphatic carboxylic acids is 1. The number of H-pyrrole nitrogens is 1. The molecule has 1 fully saturated rings. The summed E-state index contributed by atoms with van der Waals surface area (Å²) >= 11 is 0. The second kappa shape index (κ2) is 7.23. The molecule has 1 atom stereocenters. The first-order chi connectivity index (χ1) is 10.9. The van der Waals surface area contributed by atoms with Gasteiger partial charge in [0, 0.05) is 24.3 Å². The van der Waals surface area contributed by atoms with E-state index in [1.54, 1.807) is 0 Å². The Morgan fingerprint density at radius 3 is 2.78 bits per heavy atom. The topological polar surface area (TPSA) is 124 Å². The van der Waals surface area contributed by atoms with Crippen LogP contribution >= 0.6 is 0 Å². The number of amides is 1. The third-order valence-corrected chi connectivity index (χ3v) is 3.78. The lowest BCUT2D eigenvalue weighted by atomic mass is 10.2. The number of rotatable bonds is 6. The first-order valence-corrected chi connectivity index (χ1v) is 7.40. The van der Waals surface area contributed by atoms with E-state index in [-0.39, 0.29) is 19.1 Å². The van der Waals surface area contributed by atoms with E-state index in [9.17, 15) is 19.2 Å². The van der Waals surface area contributed by atoms with Crippen LogP contribution in [0.4, 0.5) is 0 Å². The van der Waals surface area contributed by atoms with E-state index >= 15 is 0 Å². The van der Waals surface area contributed by atoms with Gasteiger partial charge in [0.05, 0.1) is 0 Å². The fourth-order valence-electron chi connectivity index (χ4n) is 2.58. The molecule has 9 heteroatoms. The molecule has 2 heterocycles. The van der Waals surface area contributed by atoms with Crippen LogP contribution < -0.4 is 16.6 Å². The van der Waals surface area contributed by atoms with Crippen molar-refractivity contribution in [1.29, 1.82) is 0 Å². The van der Waals surface area contributed by atoms with Crippen molar-refractivity contribution in [2.45, 2.75) is 32.4 Å². The number of aryl methyl sites for hydroxylation is 1. The van der Waals surface area contributed by atoms with Crippen molar-refractivity contribution in [2.24, 2.45) is 0 Å². The number of carboxylic acids is 1. The Morgan fingerprint density at radius 2 is 2.17 bits per heavy atom. The largest absolute Gasteiger partial charge is 0.480 e. The van der Waals surface area contributed by atoms with Gasteiger partial charge in [-0.25, -0.2) is 4.79 Å². The summed E-state index contributed by atoms with van der Waals surface area (Å²) in [4.78, 5) is 49.7. The lowest BCUT2D eigenvalue weighted by Gasteiger charge is -2.24. The number of carbonyl (C=O) groups is 2. The van der Waals surface area contributed by atoms with Crippen molar-refractivity contribution in [1.82, 2.24) is 19.8 Å². The molecule has 1 aromatic heterocycles. The van der Waals surface area contributed by atoms with Crippen LogP contribution in [0.1, 0.15) is 18.4 Å². The number of hydrogen-bond acceptors (Lipinski definition) is 5. The molecule has 1 amide bonds. The SMILES string of the molecule is Cc1cn(CC(=O)N(CC(=O)O)C[C@H]2CCCN2)c(=O)[nH]c1=O.